The number of primary amides is 1. The molecule has 4 rings (SSSR count). The molecule has 2 amide bonds. The van der Waals surface area contributed by atoms with Gasteiger partial charge >= 0.3 is 0 Å². The molecule has 5 heteroatoms. The van der Waals surface area contributed by atoms with Crippen LogP contribution in [0.2, 0.25) is 0 Å². The fourth-order valence-corrected chi connectivity index (χ4v) is 6.35. The van der Waals surface area contributed by atoms with Crippen molar-refractivity contribution in [3.05, 3.63) is 21.4 Å². The van der Waals surface area contributed by atoms with E-state index in [1.807, 2.05) is 4.90 Å². The molecule has 1 aliphatic heterocycles. The topological polar surface area (TPSA) is 63.4 Å². The van der Waals surface area contributed by atoms with Gasteiger partial charge in [0.15, 0.2) is 0 Å². The van der Waals surface area contributed by atoms with Crippen molar-refractivity contribution in [1.82, 2.24) is 4.90 Å². The number of hydrogen-bond acceptors (Lipinski definition) is 3. The highest BCUT2D eigenvalue weighted by atomic mass is 32.1. The molecule has 0 aromatic carbocycles. The van der Waals surface area contributed by atoms with E-state index in [4.69, 9.17) is 5.73 Å². The van der Waals surface area contributed by atoms with Crippen molar-refractivity contribution in [3.8, 4) is 0 Å². The first-order valence-electron chi connectivity index (χ1n) is 8.53. The Morgan fingerprint density at radius 3 is 2.70 bits per heavy atom. The van der Waals surface area contributed by atoms with Gasteiger partial charge in [-0.3, -0.25) is 9.59 Å². The molecule has 2 heterocycles. The van der Waals surface area contributed by atoms with Crippen LogP contribution in [0.1, 0.15) is 53.9 Å². The highest BCUT2D eigenvalue weighted by Crippen LogP contribution is 2.62. The van der Waals surface area contributed by atoms with Crippen molar-refractivity contribution < 1.29 is 9.59 Å². The van der Waals surface area contributed by atoms with Crippen molar-refractivity contribution >= 4 is 23.2 Å². The van der Waals surface area contributed by atoms with Crippen LogP contribution in [0.5, 0.6) is 0 Å². The molecule has 1 saturated carbocycles. The number of carbonyl (C=O) groups excluding carboxylic acids is 2. The quantitative estimate of drug-likeness (QED) is 0.905. The molecule has 3 aliphatic rings. The van der Waals surface area contributed by atoms with E-state index >= 15 is 0 Å². The zero-order valence-corrected chi connectivity index (χ0v) is 14.7. The van der Waals surface area contributed by atoms with E-state index in [9.17, 15) is 9.59 Å². The van der Waals surface area contributed by atoms with E-state index in [1.54, 1.807) is 11.3 Å². The van der Waals surface area contributed by atoms with Gasteiger partial charge in [-0.2, -0.15) is 0 Å². The SMILES string of the molecule is CC1(C)C[C@]2(C(N)=O)CN(C(=O)c3scc4c3CCCC4)C[C@H]12. The Morgan fingerprint density at radius 2 is 2.04 bits per heavy atom. The first kappa shape index (κ1) is 15.2. The number of amides is 2. The molecular formula is C18H24N2O2S. The van der Waals surface area contributed by atoms with Crippen LogP contribution in [0.15, 0.2) is 5.38 Å². The summed E-state index contributed by atoms with van der Waals surface area (Å²) in [5.41, 5.74) is 7.94. The van der Waals surface area contributed by atoms with Gasteiger partial charge in [-0.15, -0.1) is 11.3 Å². The summed E-state index contributed by atoms with van der Waals surface area (Å²) in [6, 6.07) is 0. The molecule has 0 unspecified atom stereocenters. The third-order valence-electron chi connectivity index (χ3n) is 6.33. The molecule has 4 nitrogen and oxygen atoms in total. The third-order valence-corrected chi connectivity index (χ3v) is 7.39. The summed E-state index contributed by atoms with van der Waals surface area (Å²) in [5, 5.41) is 2.15. The van der Waals surface area contributed by atoms with Crippen molar-refractivity contribution in [1.29, 1.82) is 0 Å². The van der Waals surface area contributed by atoms with Crippen LogP contribution in [-0.4, -0.2) is 29.8 Å². The van der Waals surface area contributed by atoms with E-state index in [2.05, 4.69) is 19.2 Å². The largest absolute Gasteiger partial charge is 0.369 e. The van der Waals surface area contributed by atoms with Gasteiger partial charge in [0.2, 0.25) is 5.91 Å². The van der Waals surface area contributed by atoms with Gasteiger partial charge in [-0.1, -0.05) is 13.8 Å². The zero-order chi connectivity index (χ0) is 16.4. The Balaban J connectivity index is 1.61. The maximum atomic E-state index is 13.1. The maximum absolute atomic E-state index is 13.1. The molecule has 1 aromatic heterocycles. The molecule has 2 aliphatic carbocycles. The van der Waals surface area contributed by atoms with E-state index in [1.165, 1.54) is 24.0 Å². The second kappa shape index (κ2) is 4.82. The van der Waals surface area contributed by atoms with Gasteiger partial charge < -0.3 is 10.6 Å². The third kappa shape index (κ3) is 2.02. The van der Waals surface area contributed by atoms with E-state index in [0.717, 1.165) is 24.1 Å². The first-order valence-corrected chi connectivity index (χ1v) is 9.41. The van der Waals surface area contributed by atoms with Crippen LogP contribution < -0.4 is 5.73 Å². The lowest BCUT2D eigenvalue weighted by molar-refractivity contribution is -0.148. The lowest BCUT2D eigenvalue weighted by Crippen LogP contribution is -2.59. The maximum Gasteiger partial charge on any atom is 0.264 e. The molecular weight excluding hydrogens is 308 g/mol. The van der Waals surface area contributed by atoms with Crippen LogP contribution >= 0.6 is 11.3 Å². The minimum Gasteiger partial charge on any atom is -0.369 e. The van der Waals surface area contributed by atoms with Crippen molar-refractivity contribution in [2.75, 3.05) is 13.1 Å². The Kier molecular flexibility index (Phi) is 3.18. The number of fused-ring (bicyclic) bond motifs is 2. The van der Waals surface area contributed by atoms with Crippen LogP contribution in [0.4, 0.5) is 0 Å². The summed E-state index contributed by atoms with van der Waals surface area (Å²) in [6.45, 7) is 5.53. The Hall–Kier alpha value is -1.36. The number of nitrogens with two attached hydrogens (primary N) is 1. The van der Waals surface area contributed by atoms with Gasteiger partial charge in [0, 0.05) is 13.1 Å². The fraction of sp³-hybridized carbons (Fsp3) is 0.667. The number of hydrogen-bond donors (Lipinski definition) is 1. The van der Waals surface area contributed by atoms with Gasteiger partial charge in [-0.25, -0.2) is 0 Å². The molecule has 2 N–H and O–H groups in total. The summed E-state index contributed by atoms with van der Waals surface area (Å²) in [4.78, 5) is 27.9. The second-order valence-corrected chi connectivity index (χ2v) is 9.08. The lowest BCUT2D eigenvalue weighted by atomic mass is 9.48. The average Bonchev–Trinajstić information content (AvgIpc) is 3.06. The van der Waals surface area contributed by atoms with Gasteiger partial charge in [0.1, 0.15) is 0 Å². The highest BCUT2D eigenvalue weighted by Gasteiger charge is 2.66. The first-order chi connectivity index (χ1) is 10.8. The van der Waals surface area contributed by atoms with Crippen molar-refractivity contribution in [2.45, 2.75) is 46.0 Å². The minimum absolute atomic E-state index is 0.0962. The Bertz CT molecular complexity index is 693. The number of thiophene rings is 1. The summed E-state index contributed by atoms with van der Waals surface area (Å²) in [6.07, 6.45) is 5.31. The molecule has 2 fully saturated rings. The van der Waals surface area contributed by atoms with Gasteiger partial charge in [0.25, 0.3) is 5.91 Å². The number of carbonyl (C=O) groups is 2. The molecule has 0 bridgehead atoms. The van der Waals surface area contributed by atoms with Crippen LogP contribution in [0.25, 0.3) is 0 Å². The predicted molar refractivity (Wildman–Crippen MR) is 90.4 cm³/mol. The Labute approximate surface area is 141 Å². The summed E-state index contributed by atoms with van der Waals surface area (Å²) >= 11 is 1.58. The molecule has 1 aromatic rings. The number of aryl methyl sites for hydroxylation is 1. The number of rotatable bonds is 2. The molecule has 0 radical (unpaired) electrons. The molecule has 1 saturated heterocycles. The van der Waals surface area contributed by atoms with Crippen molar-refractivity contribution in [3.63, 3.8) is 0 Å². The standard InChI is InChI=1S/C18H24N2O2S/c1-17(2)9-18(16(19)22)10-20(7-13(17)18)15(21)14-12-6-4-3-5-11(12)8-23-14/h8,13H,3-7,9-10H2,1-2H3,(H2,19,22)/t13-,18+/m1/s1. The van der Waals surface area contributed by atoms with Gasteiger partial charge in [0.05, 0.1) is 10.3 Å². The van der Waals surface area contributed by atoms with Gasteiger partial charge in [-0.05, 0) is 59.9 Å². The van der Waals surface area contributed by atoms with E-state index in [-0.39, 0.29) is 23.1 Å². The zero-order valence-electron chi connectivity index (χ0n) is 13.9. The Morgan fingerprint density at radius 1 is 1.30 bits per heavy atom. The van der Waals surface area contributed by atoms with E-state index < -0.39 is 5.41 Å². The highest BCUT2D eigenvalue weighted by molar-refractivity contribution is 7.12. The minimum atomic E-state index is -0.490. The lowest BCUT2D eigenvalue weighted by Gasteiger charge is -2.54. The average molecular weight is 332 g/mol. The van der Waals surface area contributed by atoms with Crippen LogP contribution in [0, 0.1) is 16.7 Å². The smallest absolute Gasteiger partial charge is 0.264 e. The van der Waals surface area contributed by atoms with Crippen LogP contribution in [0.3, 0.4) is 0 Å². The number of nitrogens with zero attached hydrogens (tertiary/aromatic N) is 1. The van der Waals surface area contributed by atoms with Crippen molar-refractivity contribution in [2.24, 2.45) is 22.5 Å². The fourth-order valence-electron chi connectivity index (χ4n) is 5.22. The molecule has 0 spiro atoms. The number of likely N-dealkylation sites (tertiary alicyclic amines) is 1. The second-order valence-electron chi connectivity index (χ2n) is 8.20. The predicted octanol–water partition coefficient (Wildman–Crippen LogP) is 2.60. The molecule has 2 atom stereocenters. The van der Waals surface area contributed by atoms with Crippen LogP contribution in [-0.2, 0) is 17.6 Å². The molecule has 124 valence electrons. The molecule has 23 heavy (non-hydrogen) atoms. The summed E-state index contributed by atoms with van der Waals surface area (Å²) < 4.78 is 0. The normalized spacial score (nSPS) is 31.2. The summed E-state index contributed by atoms with van der Waals surface area (Å²) in [7, 11) is 0. The monoisotopic (exact) mass is 332 g/mol. The van der Waals surface area contributed by atoms with E-state index in [0.29, 0.717) is 13.1 Å². The summed E-state index contributed by atoms with van der Waals surface area (Å²) in [5.74, 6) is 0.0848.